The number of amides is 1. The molecule has 0 spiro atoms. The van der Waals surface area contributed by atoms with Crippen LogP contribution in [0.15, 0.2) is 48.7 Å². The minimum absolute atomic E-state index is 0.0577. The Bertz CT molecular complexity index is 1320. The Kier molecular flexibility index (Phi) is 7.70. The summed E-state index contributed by atoms with van der Waals surface area (Å²) in [5, 5.41) is 7.14. The van der Waals surface area contributed by atoms with Crippen molar-refractivity contribution in [1.29, 1.82) is 0 Å². The van der Waals surface area contributed by atoms with Gasteiger partial charge in [-0.3, -0.25) is 9.78 Å². The van der Waals surface area contributed by atoms with Gasteiger partial charge in [0.2, 0.25) is 5.91 Å². The zero-order valence-electron chi connectivity index (χ0n) is 22.7. The molecule has 0 bridgehead atoms. The molecule has 1 aliphatic carbocycles. The molecule has 2 atom stereocenters. The smallest absolute Gasteiger partial charge is 0.224 e. The van der Waals surface area contributed by atoms with E-state index < -0.39 is 0 Å². The minimum Gasteiger partial charge on any atom is -0.494 e. The number of methoxy groups -OCH3 is 1. The molecule has 38 heavy (non-hydrogen) atoms. The van der Waals surface area contributed by atoms with E-state index in [9.17, 15) is 4.79 Å². The van der Waals surface area contributed by atoms with Crippen molar-refractivity contribution in [3.05, 3.63) is 71.3 Å². The average Bonchev–Trinajstić information content (AvgIpc) is 3.44. The molecule has 1 saturated carbocycles. The molecule has 1 aromatic carbocycles. The highest BCUT2D eigenvalue weighted by molar-refractivity contribution is 7.80. The highest BCUT2D eigenvalue weighted by Gasteiger charge is 2.42. The Labute approximate surface area is 230 Å². The highest BCUT2D eigenvalue weighted by atomic mass is 32.1. The fourth-order valence-corrected chi connectivity index (χ4v) is 6.47. The van der Waals surface area contributed by atoms with Crippen LogP contribution in [0.25, 0.3) is 0 Å². The van der Waals surface area contributed by atoms with E-state index >= 15 is 0 Å². The number of hydrogen-bond donors (Lipinski definition) is 2. The van der Waals surface area contributed by atoms with Gasteiger partial charge in [0, 0.05) is 41.8 Å². The molecule has 2 N–H and O–H groups in total. The van der Waals surface area contributed by atoms with E-state index in [0.29, 0.717) is 29.0 Å². The second-order valence-electron chi connectivity index (χ2n) is 10.3. The largest absolute Gasteiger partial charge is 0.494 e. The summed E-state index contributed by atoms with van der Waals surface area (Å²) in [6.45, 7) is 6.30. The van der Waals surface area contributed by atoms with Gasteiger partial charge in [-0.05, 0) is 74.8 Å². The number of pyridine rings is 1. The van der Waals surface area contributed by atoms with E-state index in [0.717, 1.165) is 11.4 Å². The van der Waals surface area contributed by atoms with Gasteiger partial charge in [-0.25, -0.2) is 0 Å². The molecule has 2 aromatic heterocycles. The fraction of sp³-hybridized carbons (Fsp3) is 0.433. The predicted octanol–water partition coefficient (Wildman–Crippen LogP) is 6.54. The molecule has 8 heteroatoms. The molecule has 0 unspecified atom stereocenters. The third kappa shape index (κ3) is 4.89. The maximum absolute atomic E-state index is 12.1. The van der Waals surface area contributed by atoms with Crippen LogP contribution in [-0.4, -0.2) is 27.7 Å². The van der Waals surface area contributed by atoms with Crippen LogP contribution in [-0.2, 0) is 4.79 Å². The third-order valence-electron chi connectivity index (χ3n) is 7.94. The number of benzene rings is 1. The van der Waals surface area contributed by atoms with E-state index in [4.69, 9.17) is 21.9 Å². The van der Waals surface area contributed by atoms with Crippen molar-refractivity contribution in [2.75, 3.05) is 17.3 Å². The molecular formula is C30H37N5O2S. The number of carbonyl (C=O) groups excluding carboxylic acids is 1. The Balaban J connectivity index is 1.60. The van der Waals surface area contributed by atoms with Gasteiger partial charge in [-0.1, -0.05) is 32.3 Å². The van der Waals surface area contributed by atoms with Crippen molar-refractivity contribution in [1.82, 2.24) is 14.9 Å². The van der Waals surface area contributed by atoms with Crippen molar-refractivity contribution in [2.45, 2.75) is 77.4 Å². The number of aryl methyl sites for hydroxylation is 1. The number of aromatic nitrogens is 2. The molecule has 1 saturated heterocycles. The zero-order chi connectivity index (χ0) is 26.8. The zero-order valence-corrected chi connectivity index (χ0v) is 23.5. The van der Waals surface area contributed by atoms with Crippen LogP contribution in [0.5, 0.6) is 5.75 Å². The quantitative estimate of drug-likeness (QED) is 0.337. The number of thiocarbonyl (C=S) groups is 1. The lowest BCUT2D eigenvalue weighted by Crippen LogP contribution is -2.29. The van der Waals surface area contributed by atoms with Gasteiger partial charge in [-0.2, -0.15) is 0 Å². The lowest BCUT2D eigenvalue weighted by molar-refractivity contribution is -0.115. The van der Waals surface area contributed by atoms with Crippen LogP contribution in [0.2, 0.25) is 0 Å². The first-order valence-electron chi connectivity index (χ1n) is 13.6. The van der Waals surface area contributed by atoms with E-state index in [2.05, 4.69) is 46.1 Å². The maximum atomic E-state index is 12.1. The Morgan fingerprint density at radius 2 is 1.95 bits per heavy atom. The third-order valence-corrected chi connectivity index (χ3v) is 8.25. The number of rotatable bonds is 7. The summed E-state index contributed by atoms with van der Waals surface area (Å²) in [5.74, 6) is 0.539. The Morgan fingerprint density at radius 3 is 2.63 bits per heavy atom. The van der Waals surface area contributed by atoms with Crippen molar-refractivity contribution in [2.24, 2.45) is 0 Å². The molecule has 2 aliphatic rings. The molecule has 1 aliphatic heterocycles. The van der Waals surface area contributed by atoms with Crippen LogP contribution in [0.1, 0.15) is 86.2 Å². The number of hydrogen-bond acceptors (Lipinski definition) is 4. The highest BCUT2D eigenvalue weighted by Crippen LogP contribution is 2.45. The first-order valence-corrected chi connectivity index (χ1v) is 14.0. The van der Waals surface area contributed by atoms with Crippen LogP contribution in [0.4, 0.5) is 11.4 Å². The van der Waals surface area contributed by atoms with Gasteiger partial charge in [0.25, 0.3) is 0 Å². The van der Waals surface area contributed by atoms with Gasteiger partial charge >= 0.3 is 0 Å². The molecule has 0 radical (unpaired) electrons. The van der Waals surface area contributed by atoms with Crippen LogP contribution < -0.4 is 20.3 Å². The maximum Gasteiger partial charge on any atom is 0.224 e. The molecule has 2 fully saturated rings. The molecule has 3 aromatic rings. The van der Waals surface area contributed by atoms with Gasteiger partial charge in [-0.15, -0.1) is 0 Å². The van der Waals surface area contributed by atoms with Crippen molar-refractivity contribution >= 4 is 34.6 Å². The molecular weight excluding hydrogens is 494 g/mol. The topological polar surface area (TPSA) is 71.4 Å². The van der Waals surface area contributed by atoms with E-state index in [-0.39, 0.29) is 18.0 Å². The summed E-state index contributed by atoms with van der Waals surface area (Å²) in [6, 6.07) is 14.5. The van der Waals surface area contributed by atoms with E-state index in [1.165, 1.54) is 49.1 Å². The van der Waals surface area contributed by atoms with Gasteiger partial charge < -0.3 is 24.8 Å². The number of nitrogens with one attached hydrogen (secondary N) is 2. The average molecular weight is 532 g/mol. The van der Waals surface area contributed by atoms with Crippen molar-refractivity contribution in [3.63, 3.8) is 0 Å². The molecule has 1 amide bonds. The summed E-state index contributed by atoms with van der Waals surface area (Å²) in [5.41, 5.74) is 6.32. The molecule has 200 valence electrons. The molecule has 7 nitrogen and oxygen atoms in total. The second-order valence-corrected chi connectivity index (χ2v) is 10.7. The monoisotopic (exact) mass is 531 g/mol. The lowest BCUT2D eigenvalue weighted by atomic mass is 9.94. The van der Waals surface area contributed by atoms with Gasteiger partial charge in [0.1, 0.15) is 5.75 Å². The Morgan fingerprint density at radius 1 is 1.16 bits per heavy atom. The van der Waals surface area contributed by atoms with Crippen molar-refractivity contribution < 1.29 is 9.53 Å². The molecule has 3 heterocycles. The number of nitrogens with zero attached hydrogens (tertiary/aromatic N) is 3. The van der Waals surface area contributed by atoms with Gasteiger partial charge in [0.05, 0.1) is 30.6 Å². The first-order chi connectivity index (χ1) is 18.4. The summed E-state index contributed by atoms with van der Waals surface area (Å²) < 4.78 is 8.23. The SMILES string of the molecule is CCC(=O)Nc1ccc(N2C(=S)N[C@@H](c3ccccn3)[C@@H]2c2cc(C)n(C3CCCCC3)c2C)cc1OC. The lowest BCUT2D eigenvalue weighted by Gasteiger charge is -2.30. The van der Waals surface area contributed by atoms with Crippen molar-refractivity contribution in [3.8, 4) is 5.75 Å². The predicted molar refractivity (Wildman–Crippen MR) is 156 cm³/mol. The normalized spacial score (nSPS) is 19.9. The van der Waals surface area contributed by atoms with Gasteiger partial charge in [0.15, 0.2) is 5.11 Å². The number of ether oxygens (including phenoxy) is 1. The Hall–Kier alpha value is -3.39. The number of carbonyl (C=O) groups is 1. The van der Waals surface area contributed by atoms with E-state index in [1.807, 2.05) is 43.5 Å². The standard InChI is InChI=1S/C30H37N5O2S/c1-5-27(36)32-24-15-14-22(18-26(24)37-4)35-29(28(33-30(35)38)25-13-9-10-16-31-25)23-17-19(2)34(20(23)3)21-11-7-6-8-12-21/h9-10,13-18,21,28-29H,5-8,11-12H2,1-4H3,(H,32,36)(H,33,38)/t28-,29-/m0/s1. The minimum atomic E-state index is -0.116. The summed E-state index contributed by atoms with van der Waals surface area (Å²) in [6.07, 6.45) is 8.59. The van der Waals surface area contributed by atoms with E-state index in [1.54, 1.807) is 7.11 Å². The first kappa shape index (κ1) is 26.2. The fourth-order valence-electron chi connectivity index (χ4n) is 6.12. The van der Waals surface area contributed by atoms with Crippen LogP contribution >= 0.6 is 12.2 Å². The summed E-state index contributed by atoms with van der Waals surface area (Å²) >= 11 is 5.96. The second kappa shape index (κ2) is 11.2. The summed E-state index contributed by atoms with van der Waals surface area (Å²) in [7, 11) is 1.62. The summed E-state index contributed by atoms with van der Waals surface area (Å²) in [4.78, 5) is 19.0. The van der Waals surface area contributed by atoms with Crippen LogP contribution in [0, 0.1) is 13.8 Å². The molecule has 5 rings (SSSR count). The number of anilines is 2. The van der Waals surface area contributed by atoms with Crippen LogP contribution in [0.3, 0.4) is 0 Å².